The molecule has 8 heteroatoms. The summed E-state index contributed by atoms with van der Waals surface area (Å²) in [5.41, 5.74) is 1.82. The zero-order chi connectivity index (χ0) is 21.1. The average Bonchev–Trinajstić information content (AvgIpc) is 2.79. The first kappa shape index (κ1) is 20.4. The summed E-state index contributed by atoms with van der Waals surface area (Å²) in [6, 6.07) is 10.7. The van der Waals surface area contributed by atoms with Gasteiger partial charge in [-0.25, -0.2) is 19.7 Å². The van der Waals surface area contributed by atoms with Crippen LogP contribution in [0.25, 0.3) is 10.9 Å². The van der Waals surface area contributed by atoms with Gasteiger partial charge < -0.3 is 9.64 Å². The van der Waals surface area contributed by atoms with Crippen LogP contribution in [0.2, 0.25) is 0 Å². The van der Waals surface area contributed by atoms with Crippen LogP contribution in [0.4, 0.5) is 5.82 Å². The van der Waals surface area contributed by atoms with E-state index in [4.69, 9.17) is 9.72 Å². The Labute approximate surface area is 178 Å². The van der Waals surface area contributed by atoms with Gasteiger partial charge in [0.2, 0.25) is 5.16 Å². The maximum absolute atomic E-state index is 12.5. The Morgan fingerprint density at radius 1 is 1.13 bits per heavy atom. The molecule has 0 N–H and O–H groups in total. The summed E-state index contributed by atoms with van der Waals surface area (Å²) in [4.78, 5) is 28.3. The van der Waals surface area contributed by atoms with Gasteiger partial charge in [0, 0.05) is 30.9 Å². The fraction of sp³-hybridized carbons (Fsp3) is 0.364. The molecule has 0 spiro atoms. The lowest BCUT2D eigenvalue weighted by Gasteiger charge is -2.29. The van der Waals surface area contributed by atoms with Crippen LogP contribution in [0.1, 0.15) is 48.3 Å². The fourth-order valence-electron chi connectivity index (χ4n) is 3.56. The van der Waals surface area contributed by atoms with Crippen molar-refractivity contribution in [2.45, 2.75) is 37.4 Å². The molecule has 2 aromatic heterocycles. The number of ether oxygens (including phenoxy) is 1. The third kappa shape index (κ3) is 4.33. The van der Waals surface area contributed by atoms with Crippen molar-refractivity contribution in [3.63, 3.8) is 0 Å². The Balaban J connectivity index is 1.71. The number of carbonyl (C=O) groups is 1. The maximum Gasteiger partial charge on any atom is 0.338 e. The van der Waals surface area contributed by atoms with Gasteiger partial charge in [0.1, 0.15) is 11.6 Å². The first-order valence-electron chi connectivity index (χ1n) is 10.0. The summed E-state index contributed by atoms with van der Waals surface area (Å²) in [6.07, 6.45) is 6.06. The lowest BCUT2D eigenvalue weighted by atomic mass is 10.1. The van der Waals surface area contributed by atoms with E-state index in [9.17, 15) is 9.00 Å². The Bertz CT molecular complexity index is 1080. The predicted molar refractivity (Wildman–Crippen MR) is 116 cm³/mol. The minimum Gasteiger partial charge on any atom is -0.453 e. The van der Waals surface area contributed by atoms with E-state index in [1.54, 1.807) is 36.7 Å². The van der Waals surface area contributed by atoms with Crippen molar-refractivity contribution < 1.29 is 13.7 Å². The summed E-state index contributed by atoms with van der Waals surface area (Å²) in [7, 11) is -1.28. The molecule has 156 valence electrons. The summed E-state index contributed by atoms with van der Waals surface area (Å²) < 4.78 is 17.6. The van der Waals surface area contributed by atoms with Crippen LogP contribution in [0.3, 0.4) is 0 Å². The first-order chi connectivity index (χ1) is 14.5. The SMILES string of the molecule is C[C@@H](OC(=O)c1ccccc1)c1cc2cnc(S(C)=O)nc2c(N2CCCCC2)n1. The smallest absolute Gasteiger partial charge is 0.338 e. The van der Waals surface area contributed by atoms with Crippen molar-refractivity contribution in [1.82, 2.24) is 15.0 Å². The Hall–Kier alpha value is -2.87. The zero-order valence-electron chi connectivity index (χ0n) is 17.1. The second-order valence-corrected chi connectivity index (χ2v) is 8.65. The van der Waals surface area contributed by atoms with Crippen LogP contribution in [0, 0.1) is 0 Å². The highest BCUT2D eigenvalue weighted by Gasteiger charge is 2.22. The van der Waals surface area contributed by atoms with E-state index in [2.05, 4.69) is 14.9 Å². The van der Waals surface area contributed by atoms with Crippen LogP contribution < -0.4 is 4.90 Å². The number of anilines is 1. The van der Waals surface area contributed by atoms with Crippen molar-refractivity contribution in [1.29, 1.82) is 0 Å². The lowest BCUT2D eigenvalue weighted by molar-refractivity contribution is 0.0329. The number of hydrogen-bond donors (Lipinski definition) is 0. The fourth-order valence-corrected chi connectivity index (χ4v) is 3.98. The van der Waals surface area contributed by atoms with Gasteiger partial charge in [-0.3, -0.25) is 4.21 Å². The highest BCUT2D eigenvalue weighted by Crippen LogP contribution is 2.30. The van der Waals surface area contributed by atoms with Gasteiger partial charge in [-0.1, -0.05) is 18.2 Å². The van der Waals surface area contributed by atoms with Crippen LogP contribution in [-0.4, -0.2) is 44.5 Å². The number of rotatable bonds is 5. The third-order valence-corrected chi connectivity index (χ3v) is 5.88. The molecule has 0 radical (unpaired) electrons. The van der Waals surface area contributed by atoms with E-state index in [-0.39, 0.29) is 0 Å². The van der Waals surface area contributed by atoms with Crippen molar-refractivity contribution in [3.05, 3.63) is 53.9 Å². The molecule has 0 amide bonds. The van der Waals surface area contributed by atoms with E-state index < -0.39 is 22.9 Å². The van der Waals surface area contributed by atoms with Crippen LogP contribution in [0.15, 0.2) is 47.8 Å². The van der Waals surface area contributed by atoms with Gasteiger partial charge in [0.15, 0.2) is 5.82 Å². The second kappa shape index (κ2) is 8.87. The molecule has 30 heavy (non-hydrogen) atoms. The predicted octanol–water partition coefficient (Wildman–Crippen LogP) is 3.67. The molecule has 1 fully saturated rings. The summed E-state index contributed by atoms with van der Waals surface area (Å²) in [5.74, 6) is 0.344. The van der Waals surface area contributed by atoms with Crippen molar-refractivity contribution in [2.24, 2.45) is 0 Å². The number of fused-ring (bicyclic) bond motifs is 1. The Morgan fingerprint density at radius 2 is 1.87 bits per heavy atom. The quantitative estimate of drug-likeness (QED) is 0.456. The lowest BCUT2D eigenvalue weighted by Crippen LogP contribution is -2.31. The van der Waals surface area contributed by atoms with Gasteiger partial charge in [-0.05, 0) is 44.4 Å². The monoisotopic (exact) mass is 424 g/mol. The molecule has 3 heterocycles. The molecular formula is C22H24N4O3S. The number of nitrogens with zero attached hydrogens (tertiary/aromatic N) is 4. The number of aromatic nitrogens is 3. The van der Waals surface area contributed by atoms with Crippen molar-refractivity contribution in [2.75, 3.05) is 24.2 Å². The number of benzene rings is 1. The summed E-state index contributed by atoms with van der Waals surface area (Å²) >= 11 is 0. The number of carbonyl (C=O) groups excluding carboxylic acids is 1. The molecule has 1 unspecified atom stereocenters. The standard InChI is InChI=1S/C22H24N4O3S/c1-15(29-21(27)16-9-5-3-6-10-16)18-13-17-14-23-22(30(2)28)25-19(17)20(24-18)26-11-7-4-8-12-26/h3,5-6,9-10,13-15H,4,7-8,11-12H2,1-2H3/t15-,30?/m1/s1. The highest BCUT2D eigenvalue weighted by molar-refractivity contribution is 7.84. The van der Waals surface area contributed by atoms with E-state index in [0.717, 1.165) is 37.1 Å². The molecule has 7 nitrogen and oxygen atoms in total. The van der Waals surface area contributed by atoms with Gasteiger partial charge >= 0.3 is 5.97 Å². The average molecular weight is 425 g/mol. The molecule has 4 rings (SSSR count). The minimum atomic E-state index is -1.28. The Kier molecular flexibility index (Phi) is 6.03. The van der Waals surface area contributed by atoms with Gasteiger partial charge in [-0.2, -0.15) is 0 Å². The van der Waals surface area contributed by atoms with Gasteiger partial charge in [0.25, 0.3) is 0 Å². The van der Waals surface area contributed by atoms with Gasteiger partial charge in [-0.15, -0.1) is 0 Å². The van der Waals surface area contributed by atoms with Crippen molar-refractivity contribution >= 4 is 33.5 Å². The van der Waals surface area contributed by atoms with Crippen LogP contribution in [0.5, 0.6) is 0 Å². The van der Waals surface area contributed by atoms with E-state index in [0.29, 0.717) is 21.9 Å². The molecule has 1 aliphatic heterocycles. The van der Waals surface area contributed by atoms with Crippen LogP contribution >= 0.6 is 0 Å². The largest absolute Gasteiger partial charge is 0.453 e. The molecular weight excluding hydrogens is 400 g/mol. The normalized spacial score (nSPS) is 16.3. The zero-order valence-corrected chi connectivity index (χ0v) is 17.9. The summed E-state index contributed by atoms with van der Waals surface area (Å²) in [6.45, 7) is 3.59. The summed E-state index contributed by atoms with van der Waals surface area (Å²) in [5, 5.41) is 1.08. The molecule has 1 aliphatic rings. The maximum atomic E-state index is 12.5. The molecule has 0 aliphatic carbocycles. The molecule has 2 atom stereocenters. The van der Waals surface area contributed by atoms with Gasteiger partial charge in [0.05, 0.1) is 22.1 Å². The highest BCUT2D eigenvalue weighted by atomic mass is 32.2. The molecule has 1 aromatic carbocycles. The third-order valence-electron chi connectivity index (χ3n) is 5.17. The van der Waals surface area contributed by atoms with Crippen molar-refractivity contribution in [3.8, 4) is 0 Å². The number of hydrogen-bond acceptors (Lipinski definition) is 7. The first-order valence-corrected chi connectivity index (χ1v) is 11.6. The number of piperidine rings is 1. The van der Waals surface area contributed by atoms with Crippen LogP contribution in [-0.2, 0) is 15.5 Å². The number of esters is 1. The molecule has 1 saturated heterocycles. The Morgan fingerprint density at radius 3 is 2.57 bits per heavy atom. The number of pyridine rings is 1. The minimum absolute atomic E-state index is 0.291. The van der Waals surface area contributed by atoms with E-state index in [1.807, 2.05) is 19.1 Å². The topological polar surface area (TPSA) is 85.3 Å². The molecule has 0 bridgehead atoms. The molecule has 3 aromatic rings. The second-order valence-electron chi connectivity index (χ2n) is 7.38. The van der Waals surface area contributed by atoms with E-state index in [1.165, 1.54) is 6.42 Å². The van der Waals surface area contributed by atoms with E-state index >= 15 is 0 Å². The molecule has 0 saturated carbocycles.